The molecule has 29 heavy (non-hydrogen) atoms. The summed E-state index contributed by atoms with van der Waals surface area (Å²) in [6.07, 6.45) is 0. The van der Waals surface area contributed by atoms with Gasteiger partial charge in [0.1, 0.15) is 0 Å². The minimum Gasteiger partial charge on any atom is -0.335 e. The Morgan fingerprint density at radius 3 is 2.62 bits per heavy atom. The molecule has 0 saturated carbocycles. The predicted molar refractivity (Wildman–Crippen MR) is 104 cm³/mol. The monoisotopic (exact) mass is 396 g/mol. The lowest BCUT2D eigenvalue weighted by molar-refractivity contribution is -0.384. The van der Waals surface area contributed by atoms with E-state index in [4.69, 9.17) is 0 Å². The maximum Gasteiger partial charge on any atom is 0.324 e. The summed E-state index contributed by atoms with van der Waals surface area (Å²) in [5.74, 6) is -0.591. The van der Waals surface area contributed by atoms with Crippen molar-refractivity contribution in [1.82, 2.24) is 15.1 Å². The Morgan fingerprint density at radius 2 is 1.97 bits per heavy atom. The van der Waals surface area contributed by atoms with Gasteiger partial charge in [-0.2, -0.15) is 0 Å². The molecule has 1 aliphatic heterocycles. The van der Waals surface area contributed by atoms with Gasteiger partial charge in [0.15, 0.2) is 0 Å². The van der Waals surface area contributed by atoms with E-state index in [2.05, 4.69) is 5.32 Å². The first-order valence-corrected chi connectivity index (χ1v) is 8.96. The molecule has 9 nitrogen and oxygen atoms in total. The summed E-state index contributed by atoms with van der Waals surface area (Å²) in [4.78, 5) is 49.5. The van der Waals surface area contributed by atoms with Crippen molar-refractivity contribution < 1.29 is 19.3 Å². The van der Waals surface area contributed by atoms with Crippen molar-refractivity contribution in [2.45, 2.75) is 19.5 Å². The van der Waals surface area contributed by atoms with Gasteiger partial charge in [0.25, 0.3) is 11.6 Å². The number of imide groups is 1. The minimum absolute atomic E-state index is 0.0269. The largest absolute Gasteiger partial charge is 0.335 e. The van der Waals surface area contributed by atoms with E-state index < -0.39 is 17.0 Å². The first-order valence-electron chi connectivity index (χ1n) is 8.96. The van der Waals surface area contributed by atoms with Gasteiger partial charge in [-0.25, -0.2) is 4.79 Å². The van der Waals surface area contributed by atoms with Crippen molar-refractivity contribution in [3.8, 4) is 0 Å². The molecule has 3 rings (SSSR count). The average molecular weight is 396 g/mol. The highest BCUT2D eigenvalue weighted by molar-refractivity contribution is 6.02. The van der Waals surface area contributed by atoms with E-state index in [0.29, 0.717) is 16.7 Å². The molecule has 1 saturated heterocycles. The Hall–Kier alpha value is -3.75. The quantitative estimate of drug-likeness (QED) is 0.458. The van der Waals surface area contributed by atoms with E-state index in [1.54, 1.807) is 50.4 Å². The van der Waals surface area contributed by atoms with Gasteiger partial charge in [0, 0.05) is 24.7 Å². The average Bonchev–Trinajstić information content (AvgIpc) is 3.04. The maximum atomic E-state index is 12.9. The third kappa shape index (κ3) is 4.23. The molecule has 1 atom stereocenters. The molecule has 150 valence electrons. The lowest BCUT2D eigenvalue weighted by atomic mass is 10.0. The van der Waals surface area contributed by atoms with Gasteiger partial charge < -0.3 is 10.2 Å². The predicted octanol–water partition coefficient (Wildman–Crippen LogP) is 2.48. The van der Waals surface area contributed by atoms with Gasteiger partial charge in [-0.15, -0.1) is 0 Å². The highest BCUT2D eigenvalue weighted by Gasteiger charge is 2.28. The molecule has 0 unspecified atom stereocenters. The van der Waals surface area contributed by atoms with E-state index in [1.807, 2.05) is 0 Å². The van der Waals surface area contributed by atoms with E-state index >= 15 is 0 Å². The zero-order chi connectivity index (χ0) is 21.1. The summed E-state index contributed by atoms with van der Waals surface area (Å²) >= 11 is 0. The Morgan fingerprint density at radius 1 is 1.24 bits per heavy atom. The number of carbonyl (C=O) groups is 3. The number of nitrogens with one attached hydrogen (secondary N) is 1. The molecule has 0 aromatic heterocycles. The van der Waals surface area contributed by atoms with Crippen LogP contribution in [0.1, 0.15) is 34.5 Å². The lowest BCUT2D eigenvalue weighted by Gasteiger charge is -2.25. The topological polar surface area (TPSA) is 113 Å². The number of carbonyl (C=O) groups excluding carboxylic acids is 3. The zero-order valence-corrected chi connectivity index (χ0v) is 16.0. The summed E-state index contributed by atoms with van der Waals surface area (Å²) in [6.45, 7) is 1.84. The Labute approximate surface area is 167 Å². The molecule has 1 aliphatic rings. The number of non-ortho nitro benzene ring substituents is 1. The summed E-state index contributed by atoms with van der Waals surface area (Å²) < 4.78 is 0. The van der Waals surface area contributed by atoms with Crippen LogP contribution in [-0.2, 0) is 11.3 Å². The molecule has 0 spiro atoms. The second-order valence-electron chi connectivity index (χ2n) is 6.78. The number of hydrogen-bond donors (Lipinski definition) is 1. The number of hydrogen-bond acceptors (Lipinski definition) is 5. The summed E-state index contributed by atoms with van der Waals surface area (Å²) in [5, 5.41) is 13.5. The van der Waals surface area contributed by atoms with E-state index in [9.17, 15) is 24.5 Å². The summed E-state index contributed by atoms with van der Waals surface area (Å²) in [6, 6.07) is 12.0. The molecule has 0 radical (unpaired) electrons. The molecular weight excluding hydrogens is 376 g/mol. The van der Waals surface area contributed by atoms with Crippen molar-refractivity contribution in [3.05, 3.63) is 75.3 Å². The van der Waals surface area contributed by atoms with Gasteiger partial charge in [-0.05, 0) is 30.2 Å². The second-order valence-corrected chi connectivity index (χ2v) is 6.78. The SMILES string of the molecule is C[C@H](c1cccc([N+](=O)[O-])c1)N(C)C(=O)c1cccc(CN2C(=O)CNC2=O)c1. The molecule has 2 aromatic rings. The van der Waals surface area contributed by atoms with Crippen molar-refractivity contribution in [1.29, 1.82) is 0 Å². The molecule has 1 N–H and O–H groups in total. The van der Waals surface area contributed by atoms with Crippen LogP contribution < -0.4 is 5.32 Å². The van der Waals surface area contributed by atoms with Crippen LogP contribution in [0.5, 0.6) is 0 Å². The minimum atomic E-state index is -0.475. The van der Waals surface area contributed by atoms with Gasteiger partial charge in [0.05, 0.1) is 24.1 Å². The second kappa shape index (κ2) is 8.09. The van der Waals surface area contributed by atoms with Crippen LogP contribution in [0.2, 0.25) is 0 Å². The first kappa shape index (κ1) is 20.0. The Kier molecular flexibility index (Phi) is 5.58. The van der Waals surface area contributed by atoms with Gasteiger partial charge in [0.2, 0.25) is 5.91 Å². The van der Waals surface area contributed by atoms with Crippen molar-refractivity contribution >= 4 is 23.5 Å². The molecular formula is C20H20N4O5. The number of benzene rings is 2. The van der Waals surface area contributed by atoms with Crippen LogP contribution in [0, 0.1) is 10.1 Å². The van der Waals surface area contributed by atoms with E-state index in [-0.39, 0.29) is 30.6 Å². The lowest BCUT2D eigenvalue weighted by Crippen LogP contribution is -2.31. The van der Waals surface area contributed by atoms with Crippen LogP contribution in [-0.4, -0.2) is 46.2 Å². The fourth-order valence-corrected chi connectivity index (χ4v) is 3.10. The molecule has 0 bridgehead atoms. The molecule has 4 amide bonds. The molecule has 1 heterocycles. The Bertz CT molecular complexity index is 974. The standard InChI is InChI=1S/C20H20N4O5/c1-13(15-6-4-8-17(10-15)24(28)29)22(2)19(26)16-7-3-5-14(9-16)12-23-18(25)11-21-20(23)27/h3-10,13H,11-12H2,1-2H3,(H,21,27)/t13-/m1/s1. The smallest absolute Gasteiger partial charge is 0.324 e. The van der Waals surface area contributed by atoms with Crippen LogP contribution in [0.25, 0.3) is 0 Å². The third-order valence-corrected chi connectivity index (χ3v) is 4.92. The molecule has 1 fully saturated rings. The van der Waals surface area contributed by atoms with Crippen LogP contribution in [0.3, 0.4) is 0 Å². The van der Waals surface area contributed by atoms with Gasteiger partial charge >= 0.3 is 6.03 Å². The normalized spacial score (nSPS) is 14.5. The number of nitro groups is 1. The fourth-order valence-electron chi connectivity index (χ4n) is 3.10. The number of amides is 4. The maximum absolute atomic E-state index is 12.9. The van der Waals surface area contributed by atoms with Crippen LogP contribution in [0.4, 0.5) is 10.5 Å². The van der Waals surface area contributed by atoms with Crippen molar-refractivity contribution in [3.63, 3.8) is 0 Å². The van der Waals surface area contributed by atoms with E-state index in [0.717, 1.165) is 4.90 Å². The number of nitro benzene ring substituents is 1. The summed E-state index contributed by atoms with van der Waals surface area (Å²) in [7, 11) is 1.62. The number of rotatable bonds is 6. The van der Waals surface area contributed by atoms with Crippen molar-refractivity contribution in [2.24, 2.45) is 0 Å². The van der Waals surface area contributed by atoms with Gasteiger partial charge in [-0.1, -0.05) is 24.3 Å². The number of urea groups is 1. The third-order valence-electron chi connectivity index (χ3n) is 4.92. The van der Waals surface area contributed by atoms with Crippen LogP contribution in [0.15, 0.2) is 48.5 Å². The number of nitrogens with zero attached hydrogens (tertiary/aromatic N) is 3. The molecule has 9 heteroatoms. The highest BCUT2D eigenvalue weighted by atomic mass is 16.6. The Balaban J connectivity index is 1.77. The molecule has 2 aromatic carbocycles. The van der Waals surface area contributed by atoms with E-state index in [1.165, 1.54) is 17.0 Å². The zero-order valence-electron chi connectivity index (χ0n) is 16.0. The van der Waals surface area contributed by atoms with Crippen molar-refractivity contribution in [2.75, 3.05) is 13.6 Å². The molecule has 0 aliphatic carbocycles. The van der Waals surface area contributed by atoms with Gasteiger partial charge in [-0.3, -0.25) is 24.6 Å². The first-order chi connectivity index (χ1) is 13.8. The summed E-state index contributed by atoms with van der Waals surface area (Å²) in [5.41, 5.74) is 1.66. The van der Waals surface area contributed by atoms with Crippen LogP contribution >= 0.6 is 0 Å². The fraction of sp³-hybridized carbons (Fsp3) is 0.250. The highest BCUT2D eigenvalue weighted by Crippen LogP contribution is 2.24.